The highest BCUT2D eigenvalue weighted by atomic mass is 32.2. The zero-order valence-electron chi connectivity index (χ0n) is 19.7. The zero-order chi connectivity index (χ0) is 25.5. The summed E-state index contributed by atoms with van der Waals surface area (Å²) < 4.78 is 11.3. The number of rotatable bonds is 10. The molecule has 0 atom stereocenters. The molecule has 1 heterocycles. The summed E-state index contributed by atoms with van der Waals surface area (Å²) in [5.74, 6) is -0.286. The lowest BCUT2D eigenvalue weighted by atomic mass is 10.1. The molecule has 3 aromatic rings. The van der Waals surface area contributed by atoms with Crippen LogP contribution >= 0.6 is 11.8 Å². The van der Waals surface area contributed by atoms with Crippen LogP contribution in [-0.4, -0.2) is 40.8 Å². The smallest absolute Gasteiger partial charge is 0.335 e. The molecule has 0 radical (unpaired) electrons. The maximum atomic E-state index is 12.8. The second-order valence-corrected chi connectivity index (χ2v) is 9.12. The second-order valence-electron chi connectivity index (χ2n) is 8.12. The molecule has 1 N–H and O–H groups in total. The third kappa shape index (κ3) is 6.14. The van der Waals surface area contributed by atoms with Crippen LogP contribution in [0.3, 0.4) is 0 Å². The van der Waals surface area contributed by atoms with E-state index in [0.717, 1.165) is 23.7 Å². The van der Waals surface area contributed by atoms with E-state index in [2.05, 4.69) is 0 Å². The van der Waals surface area contributed by atoms with Gasteiger partial charge in [0, 0.05) is 6.54 Å². The summed E-state index contributed by atoms with van der Waals surface area (Å²) >= 11 is 0.936. The zero-order valence-corrected chi connectivity index (χ0v) is 20.5. The van der Waals surface area contributed by atoms with Gasteiger partial charge in [0.05, 0.1) is 17.6 Å². The number of aromatic carboxylic acids is 1. The maximum absolute atomic E-state index is 12.8. The molecule has 8 heteroatoms. The van der Waals surface area contributed by atoms with E-state index < -0.39 is 5.97 Å². The minimum Gasteiger partial charge on any atom is -0.493 e. The van der Waals surface area contributed by atoms with Gasteiger partial charge in [-0.2, -0.15) is 0 Å². The molecule has 4 rings (SSSR count). The standard InChI is InChI=1S/C28H25NO6S/c1-34-24-16-21(11-14-23(24)35-18-20-9-12-22(13-10-20)27(31)32)17-25-26(30)29(28(33)36-25)15-5-8-19-6-3-2-4-7-19/h2-4,6-7,9-14,16-17H,5,8,15,18H2,1H3,(H,31,32)/b25-17+. The van der Waals surface area contributed by atoms with E-state index in [9.17, 15) is 14.4 Å². The van der Waals surface area contributed by atoms with Gasteiger partial charge >= 0.3 is 5.97 Å². The van der Waals surface area contributed by atoms with Crippen molar-refractivity contribution in [1.29, 1.82) is 0 Å². The van der Waals surface area contributed by atoms with Gasteiger partial charge < -0.3 is 14.6 Å². The highest BCUT2D eigenvalue weighted by Gasteiger charge is 2.34. The molecule has 1 saturated heterocycles. The molecule has 1 aliphatic rings. The van der Waals surface area contributed by atoms with Gasteiger partial charge in [-0.25, -0.2) is 4.79 Å². The van der Waals surface area contributed by atoms with Crippen molar-refractivity contribution in [3.05, 3.63) is 100.0 Å². The molecule has 7 nitrogen and oxygen atoms in total. The molecule has 0 spiro atoms. The van der Waals surface area contributed by atoms with Crippen LogP contribution < -0.4 is 9.47 Å². The van der Waals surface area contributed by atoms with Crippen LogP contribution in [0.5, 0.6) is 11.5 Å². The number of thioether (sulfide) groups is 1. The number of imide groups is 1. The molecule has 184 valence electrons. The maximum Gasteiger partial charge on any atom is 0.335 e. The summed E-state index contributed by atoms with van der Waals surface area (Å²) in [6.07, 6.45) is 3.18. The molecule has 0 aliphatic carbocycles. The Bertz CT molecular complexity index is 1290. The van der Waals surface area contributed by atoms with Crippen molar-refractivity contribution in [1.82, 2.24) is 4.90 Å². The highest BCUT2D eigenvalue weighted by molar-refractivity contribution is 8.18. The lowest BCUT2D eigenvalue weighted by molar-refractivity contribution is -0.122. The largest absolute Gasteiger partial charge is 0.493 e. The van der Waals surface area contributed by atoms with Crippen LogP contribution in [-0.2, 0) is 17.8 Å². The van der Waals surface area contributed by atoms with E-state index in [1.54, 1.807) is 36.4 Å². The van der Waals surface area contributed by atoms with Gasteiger partial charge in [-0.1, -0.05) is 48.5 Å². The number of amides is 2. The molecule has 0 aromatic heterocycles. The molecular formula is C28H25NO6S. The summed E-state index contributed by atoms with van der Waals surface area (Å²) in [6, 6.07) is 21.7. The number of aryl methyl sites for hydroxylation is 1. The number of carboxylic acid groups (broad SMARTS) is 1. The normalized spacial score (nSPS) is 14.4. The van der Waals surface area contributed by atoms with Crippen molar-refractivity contribution in [2.75, 3.05) is 13.7 Å². The van der Waals surface area contributed by atoms with Crippen molar-refractivity contribution in [3.8, 4) is 11.5 Å². The Morgan fingerprint density at radius 1 is 0.972 bits per heavy atom. The molecule has 1 aliphatic heterocycles. The minimum absolute atomic E-state index is 0.210. The van der Waals surface area contributed by atoms with Crippen LogP contribution in [0.15, 0.2) is 77.7 Å². The second kappa shape index (κ2) is 11.6. The summed E-state index contributed by atoms with van der Waals surface area (Å²) in [4.78, 5) is 37.9. The Morgan fingerprint density at radius 3 is 2.42 bits per heavy atom. The topological polar surface area (TPSA) is 93.1 Å². The Balaban J connectivity index is 1.39. The van der Waals surface area contributed by atoms with Crippen molar-refractivity contribution < 1.29 is 29.0 Å². The van der Waals surface area contributed by atoms with Gasteiger partial charge in [0.2, 0.25) is 0 Å². The number of hydrogen-bond acceptors (Lipinski definition) is 6. The molecule has 3 aromatic carbocycles. The van der Waals surface area contributed by atoms with Crippen molar-refractivity contribution in [2.24, 2.45) is 0 Å². The first kappa shape index (κ1) is 25.1. The van der Waals surface area contributed by atoms with Crippen molar-refractivity contribution in [2.45, 2.75) is 19.4 Å². The minimum atomic E-state index is -0.982. The highest BCUT2D eigenvalue weighted by Crippen LogP contribution is 2.35. The molecule has 0 unspecified atom stereocenters. The third-order valence-corrected chi connectivity index (χ3v) is 6.55. The fourth-order valence-corrected chi connectivity index (χ4v) is 4.59. The van der Waals surface area contributed by atoms with Crippen LogP contribution in [0.1, 0.15) is 33.5 Å². The number of carbonyl (C=O) groups excluding carboxylic acids is 2. The molecule has 1 fully saturated rings. The van der Waals surface area contributed by atoms with Gasteiger partial charge in [0.15, 0.2) is 11.5 Å². The van der Waals surface area contributed by atoms with Crippen LogP contribution in [0.25, 0.3) is 6.08 Å². The quantitative estimate of drug-likeness (QED) is 0.358. The molecular weight excluding hydrogens is 478 g/mol. The van der Waals surface area contributed by atoms with E-state index in [-0.39, 0.29) is 23.3 Å². The van der Waals surface area contributed by atoms with Gasteiger partial charge in [0.25, 0.3) is 11.1 Å². The number of carbonyl (C=O) groups is 3. The number of ether oxygens (including phenoxy) is 2. The number of carboxylic acids is 1. The first-order valence-corrected chi connectivity index (χ1v) is 12.2. The number of nitrogens with zero attached hydrogens (tertiary/aromatic N) is 1. The van der Waals surface area contributed by atoms with Gasteiger partial charge in [-0.15, -0.1) is 0 Å². The number of methoxy groups -OCH3 is 1. The van der Waals surface area contributed by atoms with E-state index >= 15 is 0 Å². The predicted molar refractivity (Wildman–Crippen MR) is 138 cm³/mol. The van der Waals surface area contributed by atoms with Gasteiger partial charge in [0.1, 0.15) is 6.61 Å². The fraction of sp³-hybridized carbons (Fsp3) is 0.179. The first-order chi connectivity index (χ1) is 17.4. The Kier molecular flexibility index (Phi) is 8.07. The predicted octanol–water partition coefficient (Wildman–Crippen LogP) is 5.64. The number of hydrogen-bond donors (Lipinski definition) is 1. The van der Waals surface area contributed by atoms with Crippen molar-refractivity contribution >= 4 is 35.0 Å². The van der Waals surface area contributed by atoms with E-state index in [0.29, 0.717) is 34.9 Å². The fourth-order valence-electron chi connectivity index (χ4n) is 3.73. The molecule has 2 amide bonds. The summed E-state index contributed by atoms with van der Waals surface area (Å²) in [7, 11) is 1.52. The van der Waals surface area contributed by atoms with E-state index in [1.807, 2.05) is 30.3 Å². The summed E-state index contributed by atoms with van der Waals surface area (Å²) in [5, 5.41) is 8.75. The third-order valence-electron chi connectivity index (χ3n) is 5.64. The lowest BCUT2D eigenvalue weighted by Crippen LogP contribution is -2.29. The monoisotopic (exact) mass is 503 g/mol. The summed E-state index contributed by atoms with van der Waals surface area (Å²) in [5.41, 5.74) is 2.90. The van der Waals surface area contributed by atoms with Crippen molar-refractivity contribution in [3.63, 3.8) is 0 Å². The average Bonchev–Trinajstić information content (AvgIpc) is 3.16. The van der Waals surface area contributed by atoms with Crippen LogP contribution in [0.2, 0.25) is 0 Å². The lowest BCUT2D eigenvalue weighted by Gasteiger charge is -2.12. The summed E-state index contributed by atoms with van der Waals surface area (Å²) in [6.45, 7) is 0.609. The molecule has 0 bridgehead atoms. The van der Waals surface area contributed by atoms with E-state index in [4.69, 9.17) is 14.6 Å². The molecule has 0 saturated carbocycles. The number of benzene rings is 3. The van der Waals surface area contributed by atoms with Crippen LogP contribution in [0, 0.1) is 0 Å². The van der Waals surface area contributed by atoms with Gasteiger partial charge in [-0.3, -0.25) is 14.5 Å². The average molecular weight is 504 g/mol. The van der Waals surface area contributed by atoms with Gasteiger partial charge in [-0.05, 0) is 71.6 Å². The Morgan fingerprint density at radius 2 is 1.72 bits per heavy atom. The molecule has 36 heavy (non-hydrogen) atoms. The Hall–Kier alpha value is -4.04. The SMILES string of the molecule is COc1cc(/C=C2/SC(=O)N(CCCc3ccccc3)C2=O)ccc1OCc1ccc(C(=O)O)cc1. The van der Waals surface area contributed by atoms with E-state index in [1.165, 1.54) is 29.7 Å². The van der Waals surface area contributed by atoms with Crippen LogP contribution in [0.4, 0.5) is 4.79 Å². The first-order valence-electron chi connectivity index (χ1n) is 11.4. The Labute approximate surface area is 213 Å².